The van der Waals surface area contributed by atoms with Crippen LogP contribution in [0, 0.1) is 6.92 Å². The number of nitrogens with one attached hydrogen (secondary N) is 1. The number of phenolic OH excluding ortho intramolecular Hbond substituents is 1. The lowest BCUT2D eigenvalue weighted by molar-refractivity contribution is -0.274. The highest BCUT2D eigenvalue weighted by Crippen LogP contribution is 2.24. The number of hydrogen-bond acceptors (Lipinski definition) is 5. The maximum absolute atomic E-state index is 12.1. The van der Waals surface area contributed by atoms with E-state index < -0.39 is 30.1 Å². The summed E-state index contributed by atoms with van der Waals surface area (Å²) in [6.45, 7) is 3.04. The SMILES string of the molecule is Cc1ccc(O)c(C(=O)OC(C)C(=O)Nc2ccc(OC(F)(F)F)cc2)c1. The van der Waals surface area contributed by atoms with Gasteiger partial charge >= 0.3 is 12.3 Å². The number of amides is 1. The number of aromatic hydroxyl groups is 1. The van der Waals surface area contributed by atoms with Gasteiger partial charge in [0.05, 0.1) is 0 Å². The molecule has 2 rings (SSSR count). The summed E-state index contributed by atoms with van der Waals surface area (Å²) in [5.74, 6) is -2.29. The van der Waals surface area contributed by atoms with E-state index in [0.29, 0.717) is 0 Å². The molecule has 6 nitrogen and oxygen atoms in total. The maximum Gasteiger partial charge on any atom is 0.573 e. The summed E-state index contributed by atoms with van der Waals surface area (Å²) in [6.07, 6.45) is -6.02. The van der Waals surface area contributed by atoms with Gasteiger partial charge in [0.25, 0.3) is 5.91 Å². The molecule has 2 N–H and O–H groups in total. The number of alkyl halides is 3. The molecule has 9 heteroatoms. The molecule has 0 aliphatic rings. The van der Waals surface area contributed by atoms with Gasteiger partial charge < -0.3 is 19.9 Å². The van der Waals surface area contributed by atoms with Crippen LogP contribution in [-0.2, 0) is 9.53 Å². The largest absolute Gasteiger partial charge is 0.573 e. The average molecular weight is 383 g/mol. The number of anilines is 1. The van der Waals surface area contributed by atoms with E-state index in [-0.39, 0.29) is 17.0 Å². The summed E-state index contributed by atoms with van der Waals surface area (Å²) >= 11 is 0. The van der Waals surface area contributed by atoms with E-state index >= 15 is 0 Å². The quantitative estimate of drug-likeness (QED) is 0.768. The van der Waals surface area contributed by atoms with Crippen molar-refractivity contribution in [1.29, 1.82) is 0 Å². The summed E-state index contributed by atoms with van der Waals surface area (Å²) in [4.78, 5) is 24.2. The number of aryl methyl sites for hydroxylation is 1. The van der Waals surface area contributed by atoms with Gasteiger partial charge in [0.1, 0.15) is 17.1 Å². The van der Waals surface area contributed by atoms with E-state index in [9.17, 15) is 27.9 Å². The van der Waals surface area contributed by atoms with Crippen LogP contribution < -0.4 is 10.1 Å². The molecule has 0 aromatic heterocycles. The van der Waals surface area contributed by atoms with Gasteiger partial charge in [-0.25, -0.2) is 4.79 Å². The van der Waals surface area contributed by atoms with E-state index in [4.69, 9.17) is 4.74 Å². The minimum atomic E-state index is -4.81. The fraction of sp³-hybridized carbons (Fsp3) is 0.222. The molecule has 0 aliphatic heterocycles. The van der Waals surface area contributed by atoms with E-state index in [1.807, 2.05) is 0 Å². The number of esters is 1. The first-order valence-corrected chi connectivity index (χ1v) is 7.72. The van der Waals surface area contributed by atoms with Crippen LogP contribution in [0.3, 0.4) is 0 Å². The van der Waals surface area contributed by atoms with Crippen LogP contribution >= 0.6 is 0 Å². The maximum atomic E-state index is 12.1. The van der Waals surface area contributed by atoms with Crippen molar-refractivity contribution in [2.45, 2.75) is 26.3 Å². The number of halogens is 3. The second-order valence-electron chi connectivity index (χ2n) is 5.63. The summed E-state index contributed by atoms with van der Waals surface area (Å²) < 4.78 is 45.1. The molecule has 2 aromatic rings. The third-order valence-electron chi connectivity index (χ3n) is 3.38. The Morgan fingerprint density at radius 1 is 1.11 bits per heavy atom. The Balaban J connectivity index is 1.97. The van der Waals surface area contributed by atoms with Crippen molar-refractivity contribution in [3.05, 3.63) is 53.6 Å². The number of hydrogen-bond donors (Lipinski definition) is 2. The molecule has 1 amide bonds. The molecule has 144 valence electrons. The molecular weight excluding hydrogens is 367 g/mol. The van der Waals surface area contributed by atoms with Gasteiger partial charge in [-0.2, -0.15) is 0 Å². The lowest BCUT2D eigenvalue weighted by Gasteiger charge is -2.15. The Kier molecular flexibility index (Phi) is 5.94. The molecule has 0 bridgehead atoms. The van der Waals surface area contributed by atoms with Crippen LogP contribution in [0.4, 0.5) is 18.9 Å². The van der Waals surface area contributed by atoms with Crippen molar-refractivity contribution in [3.8, 4) is 11.5 Å². The highest BCUT2D eigenvalue weighted by molar-refractivity contribution is 5.98. The monoisotopic (exact) mass is 383 g/mol. The predicted octanol–water partition coefficient (Wildman–Crippen LogP) is 3.78. The molecule has 1 unspecified atom stereocenters. The zero-order valence-electron chi connectivity index (χ0n) is 14.3. The molecule has 27 heavy (non-hydrogen) atoms. The Morgan fingerprint density at radius 3 is 2.33 bits per heavy atom. The summed E-state index contributed by atoms with van der Waals surface area (Å²) in [7, 11) is 0. The molecule has 0 fully saturated rings. The van der Waals surface area contributed by atoms with Crippen molar-refractivity contribution in [3.63, 3.8) is 0 Å². The second-order valence-corrected chi connectivity index (χ2v) is 5.63. The number of benzene rings is 2. The number of carbonyl (C=O) groups excluding carboxylic acids is 2. The van der Waals surface area contributed by atoms with Crippen LogP contribution in [0.5, 0.6) is 11.5 Å². The van der Waals surface area contributed by atoms with Gasteiger partial charge in [-0.1, -0.05) is 11.6 Å². The van der Waals surface area contributed by atoms with Crippen molar-refractivity contribution < 1.29 is 37.3 Å². The van der Waals surface area contributed by atoms with Crippen LogP contribution in [0.25, 0.3) is 0 Å². The first kappa shape index (κ1) is 20.1. The van der Waals surface area contributed by atoms with E-state index in [1.54, 1.807) is 13.0 Å². The zero-order valence-corrected chi connectivity index (χ0v) is 14.3. The van der Waals surface area contributed by atoms with Crippen molar-refractivity contribution in [1.82, 2.24) is 0 Å². The standard InChI is InChI=1S/C18H16F3NO5/c1-10-3-8-15(23)14(9-10)17(25)26-11(2)16(24)22-12-4-6-13(7-5-12)27-18(19,20)21/h3-9,11,23H,1-2H3,(H,22,24). The van der Waals surface area contributed by atoms with Crippen molar-refractivity contribution in [2.75, 3.05) is 5.32 Å². The lowest BCUT2D eigenvalue weighted by atomic mass is 10.1. The number of carbonyl (C=O) groups is 2. The predicted molar refractivity (Wildman–Crippen MR) is 89.5 cm³/mol. The van der Waals surface area contributed by atoms with E-state index in [2.05, 4.69) is 10.1 Å². The average Bonchev–Trinajstić information content (AvgIpc) is 2.57. The van der Waals surface area contributed by atoms with E-state index in [1.165, 1.54) is 31.2 Å². The minimum Gasteiger partial charge on any atom is -0.507 e. The minimum absolute atomic E-state index is 0.0803. The Labute approximate surface area is 152 Å². The second kappa shape index (κ2) is 7.98. The van der Waals surface area contributed by atoms with E-state index in [0.717, 1.165) is 17.7 Å². The molecule has 0 saturated carbocycles. The van der Waals surface area contributed by atoms with Crippen LogP contribution in [-0.4, -0.2) is 29.4 Å². The van der Waals surface area contributed by atoms with Crippen molar-refractivity contribution >= 4 is 17.6 Å². The van der Waals surface area contributed by atoms with Gasteiger partial charge in [0.2, 0.25) is 0 Å². The molecule has 0 radical (unpaired) electrons. The topological polar surface area (TPSA) is 84.9 Å². The molecule has 0 heterocycles. The smallest absolute Gasteiger partial charge is 0.507 e. The highest BCUT2D eigenvalue weighted by atomic mass is 19.4. The third-order valence-corrected chi connectivity index (χ3v) is 3.38. The molecule has 0 saturated heterocycles. The van der Waals surface area contributed by atoms with Crippen LogP contribution in [0.1, 0.15) is 22.8 Å². The fourth-order valence-electron chi connectivity index (χ4n) is 2.07. The number of phenols is 1. The van der Waals surface area contributed by atoms with Gasteiger partial charge in [-0.3, -0.25) is 4.79 Å². The lowest BCUT2D eigenvalue weighted by Crippen LogP contribution is -2.30. The summed E-state index contributed by atoms with van der Waals surface area (Å²) in [6, 6.07) is 8.84. The molecule has 0 aliphatic carbocycles. The normalized spacial score (nSPS) is 12.2. The van der Waals surface area contributed by atoms with Crippen LogP contribution in [0.2, 0.25) is 0 Å². The van der Waals surface area contributed by atoms with Crippen LogP contribution in [0.15, 0.2) is 42.5 Å². The Hall–Kier alpha value is -3.23. The third kappa shape index (κ3) is 5.91. The molecule has 2 aromatic carbocycles. The zero-order chi connectivity index (χ0) is 20.2. The highest BCUT2D eigenvalue weighted by Gasteiger charge is 2.31. The van der Waals surface area contributed by atoms with Gasteiger partial charge in [-0.15, -0.1) is 13.2 Å². The van der Waals surface area contributed by atoms with Crippen molar-refractivity contribution in [2.24, 2.45) is 0 Å². The molecular formula is C18H16F3NO5. The first-order valence-electron chi connectivity index (χ1n) is 7.72. The fourth-order valence-corrected chi connectivity index (χ4v) is 2.07. The Bertz CT molecular complexity index is 834. The molecule has 1 atom stereocenters. The molecule has 0 spiro atoms. The number of rotatable bonds is 5. The summed E-state index contributed by atoms with van der Waals surface area (Å²) in [5.41, 5.74) is 0.831. The van der Waals surface area contributed by atoms with Gasteiger partial charge in [-0.05, 0) is 50.2 Å². The Morgan fingerprint density at radius 2 is 1.74 bits per heavy atom. The number of ether oxygens (including phenoxy) is 2. The first-order chi connectivity index (χ1) is 12.5. The summed E-state index contributed by atoms with van der Waals surface area (Å²) in [5, 5.41) is 12.1. The van der Waals surface area contributed by atoms with Gasteiger partial charge in [0.15, 0.2) is 6.10 Å². The van der Waals surface area contributed by atoms with Gasteiger partial charge in [0, 0.05) is 5.69 Å².